The maximum Gasteiger partial charge on any atom is 0.274 e. The van der Waals surface area contributed by atoms with Gasteiger partial charge in [-0.3, -0.25) is 4.79 Å². The van der Waals surface area contributed by atoms with Gasteiger partial charge in [0.25, 0.3) is 5.91 Å². The first kappa shape index (κ1) is 21.6. The second-order valence-corrected chi connectivity index (χ2v) is 9.53. The van der Waals surface area contributed by atoms with Crippen molar-refractivity contribution < 1.29 is 4.79 Å². The number of pyridine rings is 1. The van der Waals surface area contributed by atoms with Crippen molar-refractivity contribution in [2.45, 2.75) is 52.0 Å². The van der Waals surface area contributed by atoms with Crippen LogP contribution in [-0.2, 0) is 12.0 Å². The summed E-state index contributed by atoms with van der Waals surface area (Å²) in [6, 6.07) is 16.7. The number of fused-ring (bicyclic) bond motifs is 1. The Morgan fingerprint density at radius 2 is 1.87 bits per heavy atom. The van der Waals surface area contributed by atoms with Crippen molar-refractivity contribution in [1.29, 1.82) is 0 Å². The largest absolute Gasteiger partial charge is 0.340 e. The van der Waals surface area contributed by atoms with Crippen molar-refractivity contribution in [2.75, 3.05) is 20.1 Å². The van der Waals surface area contributed by atoms with Gasteiger partial charge < -0.3 is 14.6 Å². The minimum Gasteiger partial charge on any atom is -0.340 e. The number of imidazole rings is 1. The molecular formula is C26H34N4O. The molecule has 3 aromatic rings. The molecule has 0 saturated heterocycles. The van der Waals surface area contributed by atoms with Gasteiger partial charge in [0.1, 0.15) is 5.65 Å². The third-order valence-corrected chi connectivity index (χ3v) is 6.99. The smallest absolute Gasteiger partial charge is 0.274 e. The Hall–Kier alpha value is -2.66. The van der Waals surface area contributed by atoms with Crippen LogP contribution in [0.1, 0.15) is 61.8 Å². The lowest BCUT2D eigenvalue weighted by atomic mass is 9.88. The zero-order valence-electron chi connectivity index (χ0n) is 19.2. The maximum atomic E-state index is 13.2. The average molecular weight is 419 g/mol. The molecule has 5 heteroatoms. The highest BCUT2D eigenvalue weighted by atomic mass is 16.2. The molecule has 0 unspecified atom stereocenters. The van der Waals surface area contributed by atoms with E-state index >= 15 is 0 Å². The van der Waals surface area contributed by atoms with Gasteiger partial charge >= 0.3 is 0 Å². The molecule has 2 aromatic heterocycles. The van der Waals surface area contributed by atoms with Gasteiger partial charge in [-0.1, -0.05) is 63.6 Å². The summed E-state index contributed by atoms with van der Waals surface area (Å²) in [5.41, 5.74) is 4.10. The molecule has 1 N–H and O–H groups in total. The van der Waals surface area contributed by atoms with E-state index in [0.717, 1.165) is 43.7 Å². The molecule has 1 aliphatic carbocycles. The van der Waals surface area contributed by atoms with Gasteiger partial charge in [0.15, 0.2) is 5.69 Å². The summed E-state index contributed by atoms with van der Waals surface area (Å²) in [5, 5.41) is 3.68. The molecule has 0 radical (unpaired) electrons. The van der Waals surface area contributed by atoms with Crippen LogP contribution in [0.15, 0.2) is 54.7 Å². The summed E-state index contributed by atoms with van der Waals surface area (Å²) in [5.74, 6) is -0.00141. The molecule has 1 saturated carbocycles. The first-order valence-electron chi connectivity index (χ1n) is 11.4. The van der Waals surface area contributed by atoms with Gasteiger partial charge in [0, 0.05) is 38.3 Å². The monoisotopic (exact) mass is 418 g/mol. The van der Waals surface area contributed by atoms with Crippen molar-refractivity contribution in [3.8, 4) is 0 Å². The van der Waals surface area contributed by atoms with Crippen molar-refractivity contribution >= 4 is 11.6 Å². The number of carbonyl (C=O) groups is 1. The Morgan fingerprint density at radius 3 is 2.55 bits per heavy atom. The highest BCUT2D eigenvalue weighted by Crippen LogP contribution is 2.63. The van der Waals surface area contributed by atoms with E-state index in [1.165, 1.54) is 5.56 Å². The summed E-state index contributed by atoms with van der Waals surface area (Å²) < 4.78 is 2.04. The molecule has 31 heavy (non-hydrogen) atoms. The third kappa shape index (κ3) is 3.99. The van der Waals surface area contributed by atoms with E-state index in [2.05, 4.69) is 56.4 Å². The highest BCUT2D eigenvalue weighted by Gasteiger charge is 2.61. The topological polar surface area (TPSA) is 49.6 Å². The number of nitrogens with zero attached hydrogens (tertiary/aromatic N) is 3. The summed E-state index contributed by atoms with van der Waals surface area (Å²) >= 11 is 0. The third-order valence-electron chi connectivity index (χ3n) is 6.99. The molecule has 1 aromatic carbocycles. The number of rotatable bonds is 9. The van der Waals surface area contributed by atoms with Crippen molar-refractivity contribution in [2.24, 2.45) is 5.41 Å². The van der Waals surface area contributed by atoms with E-state index in [1.54, 1.807) is 4.90 Å². The van der Waals surface area contributed by atoms with E-state index in [0.29, 0.717) is 12.2 Å². The number of nitrogens with one attached hydrogen (secondary N) is 1. The fourth-order valence-electron chi connectivity index (χ4n) is 4.82. The fraction of sp³-hybridized carbons (Fsp3) is 0.462. The van der Waals surface area contributed by atoms with Crippen LogP contribution in [0.2, 0.25) is 0 Å². The van der Waals surface area contributed by atoms with Gasteiger partial charge in [-0.05, 0) is 36.0 Å². The zero-order chi connectivity index (χ0) is 22.1. The van der Waals surface area contributed by atoms with Crippen LogP contribution in [0.4, 0.5) is 0 Å². The normalized spacial score (nSPS) is 19.5. The molecule has 1 fully saturated rings. The molecule has 2 heterocycles. The van der Waals surface area contributed by atoms with Gasteiger partial charge in [-0.25, -0.2) is 4.98 Å². The first-order valence-corrected chi connectivity index (χ1v) is 11.4. The number of amides is 1. The SMILES string of the molecule is CCCCN(C)C(=O)c1nc2ccccn2c1CNC[C@@]1(c2ccccc2)CC1(C)C. The lowest BCUT2D eigenvalue weighted by molar-refractivity contribution is 0.0786. The summed E-state index contributed by atoms with van der Waals surface area (Å²) in [6.45, 7) is 9.06. The molecule has 0 aliphatic heterocycles. The van der Waals surface area contributed by atoms with E-state index in [4.69, 9.17) is 4.98 Å². The molecule has 5 nitrogen and oxygen atoms in total. The van der Waals surface area contributed by atoms with Crippen LogP contribution in [0.25, 0.3) is 5.65 Å². The van der Waals surface area contributed by atoms with Crippen LogP contribution in [0.5, 0.6) is 0 Å². The van der Waals surface area contributed by atoms with Gasteiger partial charge in [-0.2, -0.15) is 0 Å². The summed E-state index contributed by atoms with van der Waals surface area (Å²) in [4.78, 5) is 19.6. The zero-order valence-corrected chi connectivity index (χ0v) is 19.2. The number of hydrogen-bond acceptors (Lipinski definition) is 3. The number of aromatic nitrogens is 2. The second kappa shape index (κ2) is 8.46. The van der Waals surface area contributed by atoms with Crippen molar-refractivity contribution in [1.82, 2.24) is 19.6 Å². The Kier molecular flexibility index (Phi) is 5.89. The van der Waals surface area contributed by atoms with Crippen LogP contribution in [0.3, 0.4) is 0 Å². The highest BCUT2D eigenvalue weighted by molar-refractivity contribution is 5.94. The maximum absolute atomic E-state index is 13.2. The van der Waals surface area contributed by atoms with Gasteiger partial charge in [0.2, 0.25) is 0 Å². The lowest BCUT2D eigenvalue weighted by Crippen LogP contribution is -2.32. The number of carbonyl (C=O) groups excluding carboxylic acids is 1. The summed E-state index contributed by atoms with van der Waals surface area (Å²) in [6.07, 6.45) is 5.22. The van der Waals surface area contributed by atoms with Gasteiger partial charge in [-0.15, -0.1) is 0 Å². The Labute approximate surface area is 185 Å². The Bertz CT molecular complexity index is 1060. The van der Waals surface area contributed by atoms with Crippen LogP contribution in [0, 0.1) is 5.41 Å². The standard InChI is InChI=1S/C26H34N4O/c1-5-6-15-29(4)24(31)23-21(30-16-11-10-14-22(30)28-23)17-27-19-26(18-25(26,2)3)20-12-8-7-9-13-20/h7-14,16,27H,5-6,15,17-19H2,1-4H3/t26-/m1/s1. The van der Waals surface area contributed by atoms with Crippen LogP contribution < -0.4 is 5.32 Å². The minimum absolute atomic E-state index is 0.00141. The Balaban J connectivity index is 1.56. The van der Waals surface area contributed by atoms with Crippen molar-refractivity contribution in [3.63, 3.8) is 0 Å². The molecule has 1 aliphatic rings. The average Bonchev–Trinajstić information content (AvgIpc) is 3.16. The fourth-order valence-corrected chi connectivity index (χ4v) is 4.82. The van der Waals surface area contributed by atoms with Gasteiger partial charge in [0.05, 0.1) is 5.69 Å². The Morgan fingerprint density at radius 1 is 1.16 bits per heavy atom. The molecule has 0 spiro atoms. The first-order chi connectivity index (χ1) is 14.9. The van der Waals surface area contributed by atoms with E-state index in [9.17, 15) is 4.79 Å². The van der Waals surface area contributed by atoms with E-state index in [-0.39, 0.29) is 16.7 Å². The molecule has 0 bridgehead atoms. The predicted octanol–water partition coefficient (Wildman–Crippen LogP) is 4.66. The molecule has 1 atom stereocenters. The number of unbranched alkanes of at least 4 members (excludes halogenated alkanes) is 1. The predicted molar refractivity (Wildman–Crippen MR) is 125 cm³/mol. The second-order valence-electron chi connectivity index (χ2n) is 9.53. The van der Waals surface area contributed by atoms with E-state index in [1.807, 2.05) is 35.8 Å². The summed E-state index contributed by atoms with van der Waals surface area (Å²) in [7, 11) is 1.87. The lowest BCUT2D eigenvalue weighted by Gasteiger charge is -2.22. The quantitative estimate of drug-likeness (QED) is 0.550. The van der Waals surface area contributed by atoms with Crippen LogP contribution >= 0.6 is 0 Å². The number of hydrogen-bond donors (Lipinski definition) is 1. The number of benzene rings is 1. The molecular weight excluding hydrogens is 384 g/mol. The minimum atomic E-state index is -0.00141. The van der Waals surface area contributed by atoms with Crippen LogP contribution in [-0.4, -0.2) is 40.3 Å². The molecule has 1 amide bonds. The van der Waals surface area contributed by atoms with E-state index < -0.39 is 0 Å². The molecule has 4 rings (SSSR count). The van der Waals surface area contributed by atoms with Crippen molar-refractivity contribution in [3.05, 3.63) is 71.7 Å². The molecule has 164 valence electrons.